The lowest BCUT2D eigenvalue weighted by Gasteiger charge is -2.34. The van der Waals surface area contributed by atoms with Crippen LogP contribution in [-0.4, -0.2) is 10.8 Å². The number of nitrogens with one attached hydrogen (secondary N) is 1. The molecule has 0 spiro atoms. The second kappa shape index (κ2) is 8.68. The van der Waals surface area contributed by atoms with Gasteiger partial charge in [-0.2, -0.15) is 5.26 Å². The van der Waals surface area contributed by atoms with Gasteiger partial charge in [0.2, 0.25) is 5.79 Å². The molecule has 2 aliphatic rings. The molecule has 0 bridgehead atoms. The van der Waals surface area contributed by atoms with Gasteiger partial charge < -0.3 is 14.8 Å². The molecule has 1 aromatic heterocycles. The molecule has 0 saturated carbocycles. The molecule has 3 rings (SSSR count). The minimum Gasteiger partial charge on any atom is -0.461 e. The maximum Gasteiger partial charge on any atom is 0.205 e. The van der Waals surface area contributed by atoms with Crippen molar-refractivity contribution >= 4 is 0 Å². The second-order valence-corrected chi connectivity index (χ2v) is 6.35. The molecule has 0 aromatic carbocycles. The third kappa shape index (κ3) is 4.74. The highest BCUT2D eigenvalue weighted by molar-refractivity contribution is 5.43. The molecule has 2 heterocycles. The number of rotatable bonds is 3. The van der Waals surface area contributed by atoms with Gasteiger partial charge in [-0.1, -0.05) is 19.9 Å². The smallest absolute Gasteiger partial charge is 0.205 e. The maximum absolute atomic E-state index is 8.96. The van der Waals surface area contributed by atoms with Crippen molar-refractivity contribution in [3.63, 3.8) is 0 Å². The average Bonchev–Trinajstić information content (AvgIpc) is 2.88. The third-order valence-electron chi connectivity index (χ3n) is 4.05. The van der Waals surface area contributed by atoms with Gasteiger partial charge >= 0.3 is 0 Å². The number of nitrogens with zero attached hydrogens (tertiary/aromatic N) is 2. The summed E-state index contributed by atoms with van der Waals surface area (Å²) in [4.78, 5) is 4.46. The SMILES string of the molecule is CC.Cc1ncc(CNC2=CC=C(C#N)C=CC2)c2c1OC(C)(C)OC2. The van der Waals surface area contributed by atoms with Crippen molar-refractivity contribution < 1.29 is 9.47 Å². The fourth-order valence-electron chi connectivity index (χ4n) is 2.68. The number of hydrogen-bond acceptors (Lipinski definition) is 5. The van der Waals surface area contributed by atoms with Gasteiger partial charge in [-0.15, -0.1) is 0 Å². The van der Waals surface area contributed by atoms with E-state index in [0.717, 1.165) is 34.7 Å². The average molecular weight is 353 g/mol. The Hall–Kier alpha value is -2.58. The van der Waals surface area contributed by atoms with Crippen molar-refractivity contribution in [2.45, 2.75) is 60.0 Å². The molecule has 0 saturated heterocycles. The number of hydrogen-bond donors (Lipinski definition) is 1. The van der Waals surface area contributed by atoms with E-state index in [2.05, 4.69) is 16.4 Å². The summed E-state index contributed by atoms with van der Waals surface area (Å²) in [6.45, 7) is 10.9. The number of aryl methyl sites for hydroxylation is 1. The number of ether oxygens (including phenoxy) is 2. The van der Waals surface area contributed by atoms with E-state index >= 15 is 0 Å². The number of aromatic nitrogens is 1. The van der Waals surface area contributed by atoms with Crippen molar-refractivity contribution in [1.82, 2.24) is 10.3 Å². The fraction of sp³-hybridized carbons (Fsp3) is 0.429. The van der Waals surface area contributed by atoms with Crippen LogP contribution in [0.25, 0.3) is 0 Å². The van der Waals surface area contributed by atoms with E-state index in [0.29, 0.717) is 18.7 Å². The van der Waals surface area contributed by atoms with Crippen LogP contribution in [0, 0.1) is 18.3 Å². The van der Waals surface area contributed by atoms with Gasteiger partial charge in [0, 0.05) is 44.3 Å². The Morgan fingerprint density at radius 1 is 1.31 bits per heavy atom. The van der Waals surface area contributed by atoms with Crippen LogP contribution < -0.4 is 10.1 Å². The van der Waals surface area contributed by atoms with Crippen LogP contribution in [0.1, 0.15) is 50.9 Å². The Kier molecular flexibility index (Phi) is 6.59. The van der Waals surface area contributed by atoms with E-state index in [9.17, 15) is 0 Å². The molecule has 26 heavy (non-hydrogen) atoms. The third-order valence-corrected chi connectivity index (χ3v) is 4.05. The zero-order valence-corrected chi connectivity index (χ0v) is 16.2. The molecule has 138 valence electrons. The van der Waals surface area contributed by atoms with Gasteiger partial charge in [0.15, 0.2) is 0 Å². The fourth-order valence-corrected chi connectivity index (χ4v) is 2.68. The maximum atomic E-state index is 8.96. The minimum absolute atomic E-state index is 0.514. The van der Waals surface area contributed by atoms with Gasteiger partial charge in [0.05, 0.1) is 23.9 Å². The van der Waals surface area contributed by atoms with Gasteiger partial charge in [-0.3, -0.25) is 4.98 Å². The highest BCUT2D eigenvalue weighted by Crippen LogP contribution is 2.35. The van der Waals surface area contributed by atoms with Crippen LogP contribution in [0.15, 0.2) is 41.8 Å². The molecule has 1 aliphatic carbocycles. The van der Waals surface area contributed by atoms with Crippen LogP contribution in [0.3, 0.4) is 0 Å². The van der Waals surface area contributed by atoms with Crippen molar-refractivity contribution in [2.75, 3.05) is 0 Å². The summed E-state index contributed by atoms with van der Waals surface area (Å²) < 4.78 is 11.7. The molecular weight excluding hydrogens is 326 g/mol. The zero-order chi connectivity index (χ0) is 19.2. The normalized spacial score (nSPS) is 17.2. The number of pyridine rings is 1. The van der Waals surface area contributed by atoms with Gasteiger partial charge in [-0.25, -0.2) is 0 Å². The summed E-state index contributed by atoms with van der Waals surface area (Å²) >= 11 is 0. The van der Waals surface area contributed by atoms with Crippen LogP contribution in [0.4, 0.5) is 0 Å². The van der Waals surface area contributed by atoms with E-state index in [4.69, 9.17) is 14.7 Å². The number of allylic oxidation sites excluding steroid dienone is 5. The number of nitriles is 1. The minimum atomic E-state index is -0.626. The second-order valence-electron chi connectivity index (χ2n) is 6.35. The number of fused-ring (bicyclic) bond motifs is 1. The van der Waals surface area contributed by atoms with Crippen LogP contribution in [-0.2, 0) is 17.9 Å². The molecule has 0 unspecified atom stereocenters. The van der Waals surface area contributed by atoms with Gasteiger partial charge in [0.1, 0.15) is 5.75 Å². The monoisotopic (exact) mass is 353 g/mol. The zero-order valence-electron chi connectivity index (χ0n) is 16.2. The summed E-state index contributed by atoms with van der Waals surface area (Å²) in [6.07, 6.45) is 10.2. The van der Waals surface area contributed by atoms with Crippen molar-refractivity contribution in [3.8, 4) is 11.8 Å². The molecule has 0 amide bonds. The van der Waals surface area contributed by atoms with E-state index < -0.39 is 5.79 Å². The summed E-state index contributed by atoms with van der Waals surface area (Å²) in [7, 11) is 0. The van der Waals surface area contributed by atoms with Crippen LogP contribution in [0.2, 0.25) is 0 Å². The first-order valence-electron chi connectivity index (χ1n) is 9.00. The molecule has 1 aliphatic heterocycles. The Morgan fingerprint density at radius 3 is 2.81 bits per heavy atom. The molecule has 5 nitrogen and oxygen atoms in total. The predicted molar refractivity (Wildman–Crippen MR) is 102 cm³/mol. The lowest BCUT2D eigenvalue weighted by atomic mass is 10.1. The van der Waals surface area contributed by atoms with Crippen molar-refractivity contribution in [1.29, 1.82) is 5.26 Å². The standard InChI is InChI=1S/C19H21N3O2.C2H6/c1-13-18-17(12-23-19(2,3)24-18)15(10-21-13)11-22-16-6-4-5-14(9-20)7-8-16;1-2/h4-5,7-8,10,22H,6,11-12H2,1-3H3;1-2H3. The summed E-state index contributed by atoms with van der Waals surface area (Å²) in [5.74, 6) is 0.199. The van der Waals surface area contributed by atoms with E-state index in [1.807, 2.05) is 65.1 Å². The molecule has 1 aromatic rings. The molecule has 0 atom stereocenters. The first kappa shape index (κ1) is 19.7. The quantitative estimate of drug-likeness (QED) is 0.870. The Balaban J connectivity index is 0.00000117. The lowest BCUT2D eigenvalue weighted by Crippen LogP contribution is -2.36. The predicted octanol–water partition coefficient (Wildman–Crippen LogP) is 4.44. The van der Waals surface area contributed by atoms with Gasteiger partial charge in [0.25, 0.3) is 0 Å². The van der Waals surface area contributed by atoms with E-state index in [-0.39, 0.29) is 0 Å². The summed E-state index contributed by atoms with van der Waals surface area (Å²) in [5, 5.41) is 12.4. The highest BCUT2D eigenvalue weighted by atomic mass is 16.7. The first-order valence-corrected chi connectivity index (χ1v) is 9.00. The van der Waals surface area contributed by atoms with Crippen molar-refractivity contribution in [2.24, 2.45) is 0 Å². The molecule has 0 fully saturated rings. The Labute approximate surface area is 156 Å². The largest absolute Gasteiger partial charge is 0.461 e. The van der Waals surface area contributed by atoms with E-state index in [1.165, 1.54) is 0 Å². The molecule has 0 radical (unpaired) electrons. The van der Waals surface area contributed by atoms with Crippen LogP contribution in [0.5, 0.6) is 5.75 Å². The highest BCUT2D eigenvalue weighted by Gasteiger charge is 2.30. The Bertz CT molecular complexity index is 783. The topological polar surface area (TPSA) is 67.2 Å². The van der Waals surface area contributed by atoms with Crippen LogP contribution >= 0.6 is 0 Å². The molecule has 1 N–H and O–H groups in total. The molecular formula is C21H27N3O2. The Morgan fingerprint density at radius 2 is 2.08 bits per heavy atom. The first-order chi connectivity index (χ1) is 12.5. The summed E-state index contributed by atoms with van der Waals surface area (Å²) in [5.41, 5.74) is 4.70. The van der Waals surface area contributed by atoms with Gasteiger partial charge in [-0.05, 0) is 30.7 Å². The van der Waals surface area contributed by atoms with Crippen molar-refractivity contribution in [3.05, 3.63) is 58.6 Å². The van der Waals surface area contributed by atoms with E-state index in [1.54, 1.807) is 0 Å². The summed E-state index contributed by atoms with van der Waals surface area (Å²) in [6, 6.07) is 2.15. The lowest BCUT2D eigenvalue weighted by molar-refractivity contribution is -0.180. The molecule has 5 heteroatoms.